The van der Waals surface area contributed by atoms with Crippen molar-refractivity contribution < 1.29 is 14.3 Å². The molecule has 4 aromatic rings. The fraction of sp³-hybridized carbons (Fsp3) is 0.276. The van der Waals surface area contributed by atoms with Crippen LogP contribution in [0.15, 0.2) is 72.8 Å². The van der Waals surface area contributed by atoms with Crippen molar-refractivity contribution in [2.24, 2.45) is 0 Å². The molecule has 2 heterocycles. The lowest BCUT2D eigenvalue weighted by molar-refractivity contribution is 0.0698. The summed E-state index contributed by atoms with van der Waals surface area (Å²) < 4.78 is 7.55. The summed E-state index contributed by atoms with van der Waals surface area (Å²) in [5, 5.41) is 3.15. The predicted molar refractivity (Wildman–Crippen MR) is 140 cm³/mol. The van der Waals surface area contributed by atoms with Crippen LogP contribution in [0.2, 0.25) is 0 Å². The summed E-state index contributed by atoms with van der Waals surface area (Å²) in [4.78, 5) is 32.4. The molecule has 1 aliphatic heterocycles. The molecule has 1 aliphatic rings. The average Bonchev–Trinajstić information content (AvgIpc) is 3.24. The molecule has 1 fully saturated rings. The number of piperidine rings is 1. The van der Waals surface area contributed by atoms with Crippen LogP contribution in [-0.2, 0) is 0 Å². The molecule has 0 bridgehead atoms. The first-order valence-corrected chi connectivity index (χ1v) is 12.4. The number of imidazole rings is 1. The van der Waals surface area contributed by atoms with Gasteiger partial charge in [0.15, 0.2) is 0 Å². The Labute approximate surface area is 210 Å². The van der Waals surface area contributed by atoms with Crippen LogP contribution < -0.4 is 10.1 Å². The van der Waals surface area contributed by atoms with Gasteiger partial charge in [-0.15, -0.1) is 0 Å². The highest BCUT2D eigenvalue weighted by atomic mass is 16.5. The summed E-state index contributed by atoms with van der Waals surface area (Å²) in [5.41, 5.74) is 4.05. The van der Waals surface area contributed by atoms with Crippen molar-refractivity contribution in [2.45, 2.75) is 32.7 Å². The number of aryl methyl sites for hydroxylation is 1. The molecule has 1 saturated heterocycles. The molecule has 1 N–H and O–H groups in total. The maximum atomic E-state index is 13.0. The third-order valence-electron chi connectivity index (χ3n) is 6.63. The van der Waals surface area contributed by atoms with Crippen LogP contribution in [0, 0.1) is 6.92 Å². The number of likely N-dealkylation sites (tertiary alicyclic amines) is 1. The van der Waals surface area contributed by atoms with E-state index in [-0.39, 0.29) is 17.9 Å². The topological polar surface area (TPSA) is 76.5 Å². The van der Waals surface area contributed by atoms with Crippen molar-refractivity contribution in [3.63, 3.8) is 0 Å². The first kappa shape index (κ1) is 23.6. The minimum Gasteiger partial charge on any atom is -0.494 e. The molecule has 0 atom stereocenters. The Bertz CT molecular complexity index is 1370. The smallest absolute Gasteiger partial charge is 0.253 e. The summed E-state index contributed by atoms with van der Waals surface area (Å²) in [7, 11) is 0. The van der Waals surface area contributed by atoms with Gasteiger partial charge in [-0.25, -0.2) is 4.98 Å². The molecular formula is C29H30N4O3. The number of carbonyl (C=O) groups is 2. The molecule has 0 saturated carbocycles. The molecule has 7 nitrogen and oxygen atoms in total. The molecule has 184 valence electrons. The molecule has 1 aromatic heterocycles. The number of fused-ring (bicyclic) bond motifs is 1. The lowest BCUT2D eigenvalue weighted by atomic mass is 10.0. The molecule has 0 aliphatic carbocycles. The van der Waals surface area contributed by atoms with Gasteiger partial charge in [0.1, 0.15) is 11.6 Å². The Hall–Kier alpha value is -4.13. The number of para-hydroxylation sites is 1. The molecule has 0 unspecified atom stereocenters. The number of benzene rings is 3. The van der Waals surface area contributed by atoms with Crippen molar-refractivity contribution in [3.8, 4) is 11.4 Å². The van der Waals surface area contributed by atoms with Crippen molar-refractivity contribution in [3.05, 3.63) is 89.7 Å². The van der Waals surface area contributed by atoms with E-state index in [1.807, 2.05) is 79.4 Å². The minimum atomic E-state index is -0.111. The second-order valence-corrected chi connectivity index (χ2v) is 9.03. The van der Waals surface area contributed by atoms with E-state index in [0.717, 1.165) is 41.1 Å². The predicted octanol–water partition coefficient (Wildman–Crippen LogP) is 4.77. The third-order valence-corrected chi connectivity index (χ3v) is 6.63. The number of ether oxygens (including phenoxy) is 1. The summed E-state index contributed by atoms with van der Waals surface area (Å²) in [6, 6.07) is 23.0. The molecule has 36 heavy (non-hydrogen) atoms. The second-order valence-electron chi connectivity index (χ2n) is 9.03. The van der Waals surface area contributed by atoms with Crippen LogP contribution in [0.25, 0.3) is 16.7 Å². The van der Waals surface area contributed by atoms with Gasteiger partial charge in [0.2, 0.25) is 0 Å². The standard InChI is InChI=1S/C29H30N4O3/c1-3-36-25-12-9-21(10-13-25)29(35)32-17-15-23(16-18-32)31-28(34)22-11-14-27-26(19-22)30-20(2)33(27)24-7-5-4-6-8-24/h4-14,19,23H,3,15-18H2,1-2H3,(H,31,34). The van der Waals surface area contributed by atoms with Crippen molar-refractivity contribution in [2.75, 3.05) is 19.7 Å². The fourth-order valence-corrected chi connectivity index (χ4v) is 4.78. The van der Waals surface area contributed by atoms with E-state index < -0.39 is 0 Å². The molecule has 0 spiro atoms. The van der Waals surface area contributed by atoms with Crippen LogP contribution in [-0.4, -0.2) is 52.0 Å². The number of carbonyl (C=O) groups excluding carboxylic acids is 2. The summed E-state index contributed by atoms with van der Waals surface area (Å²) in [6.07, 6.45) is 1.44. The van der Waals surface area contributed by atoms with Gasteiger partial charge in [-0.1, -0.05) is 18.2 Å². The zero-order chi connectivity index (χ0) is 25.1. The van der Waals surface area contributed by atoms with Gasteiger partial charge in [-0.3, -0.25) is 14.2 Å². The first-order valence-electron chi connectivity index (χ1n) is 12.4. The SMILES string of the molecule is CCOc1ccc(C(=O)N2CCC(NC(=O)c3ccc4c(c3)nc(C)n4-c3ccccc3)CC2)cc1. The van der Waals surface area contributed by atoms with Gasteiger partial charge in [-0.2, -0.15) is 0 Å². The molecule has 0 radical (unpaired) electrons. The van der Waals surface area contributed by atoms with Gasteiger partial charge in [0, 0.05) is 35.9 Å². The zero-order valence-electron chi connectivity index (χ0n) is 20.6. The number of aromatic nitrogens is 2. The highest BCUT2D eigenvalue weighted by Gasteiger charge is 2.25. The van der Waals surface area contributed by atoms with E-state index in [2.05, 4.69) is 14.9 Å². The fourth-order valence-electron chi connectivity index (χ4n) is 4.78. The summed E-state index contributed by atoms with van der Waals surface area (Å²) in [5.74, 6) is 1.53. The summed E-state index contributed by atoms with van der Waals surface area (Å²) >= 11 is 0. The van der Waals surface area contributed by atoms with Gasteiger partial charge in [0.25, 0.3) is 11.8 Å². The van der Waals surface area contributed by atoms with E-state index in [9.17, 15) is 9.59 Å². The number of nitrogens with one attached hydrogen (secondary N) is 1. The normalized spacial score (nSPS) is 14.1. The van der Waals surface area contributed by atoms with Crippen LogP contribution in [0.3, 0.4) is 0 Å². The Balaban J connectivity index is 1.21. The first-order chi connectivity index (χ1) is 17.5. The lowest BCUT2D eigenvalue weighted by Crippen LogP contribution is -2.46. The highest BCUT2D eigenvalue weighted by Crippen LogP contribution is 2.23. The maximum Gasteiger partial charge on any atom is 0.253 e. The van der Waals surface area contributed by atoms with E-state index in [1.165, 1.54) is 0 Å². The molecule has 5 rings (SSSR count). The highest BCUT2D eigenvalue weighted by molar-refractivity contribution is 5.98. The van der Waals surface area contributed by atoms with Crippen LogP contribution in [0.5, 0.6) is 5.75 Å². The van der Waals surface area contributed by atoms with E-state index in [0.29, 0.717) is 30.8 Å². The quantitative estimate of drug-likeness (QED) is 0.430. The summed E-state index contributed by atoms with van der Waals surface area (Å²) in [6.45, 7) is 5.71. The Morgan fingerprint density at radius 2 is 1.67 bits per heavy atom. The largest absolute Gasteiger partial charge is 0.494 e. The molecular weight excluding hydrogens is 452 g/mol. The van der Waals surface area contributed by atoms with Gasteiger partial charge < -0.3 is 15.0 Å². The molecule has 3 aromatic carbocycles. The van der Waals surface area contributed by atoms with Gasteiger partial charge in [-0.05, 0) is 81.3 Å². The van der Waals surface area contributed by atoms with Gasteiger partial charge >= 0.3 is 0 Å². The van der Waals surface area contributed by atoms with Crippen molar-refractivity contribution in [1.82, 2.24) is 19.8 Å². The minimum absolute atomic E-state index is 0.0117. The van der Waals surface area contributed by atoms with Gasteiger partial charge in [0.05, 0.1) is 17.6 Å². The molecule has 2 amide bonds. The van der Waals surface area contributed by atoms with E-state index >= 15 is 0 Å². The van der Waals surface area contributed by atoms with E-state index in [4.69, 9.17) is 4.74 Å². The van der Waals surface area contributed by atoms with E-state index in [1.54, 1.807) is 12.1 Å². The number of nitrogens with zero attached hydrogens (tertiary/aromatic N) is 3. The number of hydrogen-bond acceptors (Lipinski definition) is 4. The monoisotopic (exact) mass is 482 g/mol. The lowest BCUT2D eigenvalue weighted by Gasteiger charge is -2.32. The Kier molecular flexibility index (Phi) is 6.71. The third kappa shape index (κ3) is 4.82. The number of amides is 2. The van der Waals surface area contributed by atoms with Crippen molar-refractivity contribution >= 4 is 22.8 Å². The molecule has 7 heteroatoms. The average molecular weight is 483 g/mol. The van der Waals surface area contributed by atoms with Crippen LogP contribution in [0.1, 0.15) is 46.3 Å². The Morgan fingerprint density at radius 3 is 2.36 bits per heavy atom. The number of hydrogen-bond donors (Lipinski definition) is 1. The van der Waals surface area contributed by atoms with Crippen molar-refractivity contribution in [1.29, 1.82) is 0 Å². The van der Waals surface area contributed by atoms with Crippen LogP contribution in [0.4, 0.5) is 0 Å². The Morgan fingerprint density at radius 1 is 0.972 bits per heavy atom. The van der Waals surface area contributed by atoms with Crippen LogP contribution >= 0.6 is 0 Å². The maximum absolute atomic E-state index is 13.0. The second kappa shape index (κ2) is 10.2. The zero-order valence-corrected chi connectivity index (χ0v) is 20.6. The number of rotatable bonds is 6.